The van der Waals surface area contributed by atoms with Crippen LogP contribution in [0, 0.1) is 17.8 Å². The molecule has 0 unspecified atom stereocenters. The highest BCUT2D eigenvalue weighted by atomic mass is 16.6. The zero-order chi connectivity index (χ0) is 27.0. The maximum absolute atomic E-state index is 13.6. The lowest BCUT2D eigenvalue weighted by Crippen LogP contribution is -2.55. The molecule has 1 aromatic carbocycles. The number of hydrogen-bond donors (Lipinski definition) is 2. The molecular formula is C28H38N6O4. The summed E-state index contributed by atoms with van der Waals surface area (Å²) in [6, 6.07) is 7.62. The van der Waals surface area contributed by atoms with Crippen LogP contribution in [-0.2, 0) is 16.6 Å². The van der Waals surface area contributed by atoms with E-state index in [0.717, 1.165) is 43.7 Å². The van der Waals surface area contributed by atoms with Gasteiger partial charge in [-0.2, -0.15) is 5.10 Å². The number of carbonyl (C=O) groups is 3. The van der Waals surface area contributed by atoms with E-state index in [1.165, 1.54) is 6.20 Å². The highest BCUT2D eigenvalue weighted by Crippen LogP contribution is 2.49. The minimum atomic E-state index is -0.569. The van der Waals surface area contributed by atoms with Gasteiger partial charge in [0.15, 0.2) is 0 Å². The molecule has 4 atom stereocenters. The number of carbonyl (C=O) groups excluding carboxylic acids is 3. The van der Waals surface area contributed by atoms with Crippen molar-refractivity contribution >= 4 is 29.3 Å². The minimum absolute atomic E-state index is 0.149. The van der Waals surface area contributed by atoms with Gasteiger partial charge in [-0.3, -0.25) is 14.3 Å². The van der Waals surface area contributed by atoms with Crippen LogP contribution in [0.25, 0.3) is 0 Å². The number of alkyl carbamates (subject to hydrolysis) is 1. The number of amides is 3. The van der Waals surface area contributed by atoms with Crippen molar-refractivity contribution in [3.8, 4) is 0 Å². The Morgan fingerprint density at radius 3 is 2.32 bits per heavy atom. The first-order chi connectivity index (χ1) is 18.1. The van der Waals surface area contributed by atoms with Crippen LogP contribution < -0.4 is 15.5 Å². The number of nitrogens with zero attached hydrogens (tertiary/aromatic N) is 4. The number of fused-ring (bicyclic) bond motifs is 2. The number of benzene rings is 1. The van der Waals surface area contributed by atoms with Crippen molar-refractivity contribution in [2.45, 2.75) is 51.7 Å². The van der Waals surface area contributed by atoms with Gasteiger partial charge in [-0.25, -0.2) is 4.79 Å². The van der Waals surface area contributed by atoms with Crippen molar-refractivity contribution in [3.05, 3.63) is 42.2 Å². The summed E-state index contributed by atoms with van der Waals surface area (Å²) in [6.45, 7) is 8.30. The average Bonchev–Trinajstić information content (AvgIpc) is 3.60. The molecule has 10 nitrogen and oxygen atoms in total. The lowest BCUT2D eigenvalue weighted by atomic mass is 9.83. The summed E-state index contributed by atoms with van der Waals surface area (Å²) in [5.41, 5.74) is 1.72. The lowest BCUT2D eigenvalue weighted by molar-refractivity contribution is -0.138. The molecule has 2 aliphatic carbocycles. The van der Waals surface area contributed by atoms with Gasteiger partial charge in [-0.05, 0) is 76.1 Å². The van der Waals surface area contributed by atoms with Crippen molar-refractivity contribution in [2.75, 3.05) is 36.4 Å². The van der Waals surface area contributed by atoms with Gasteiger partial charge < -0.3 is 25.2 Å². The molecule has 38 heavy (non-hydrogen) atoms. The second-order valence-corrected chi connectivity index (χ2v) is 11.7. The van der Waals surface area contributed by atoms with Crippen molar-refractivity contribution in [2.24, 2.45) is 24.8 Å². The summed E-state index contributed by atoms with van der Waals surface area (Å²) in [6.07, 6.45) is 5.89. The third-order valence-corrected chi connectivity index (χ3v) is 7.93. The molecule has 2 aromatic rings. The number of ether oxygens (including phenoxy) is 1. The van der Waals surface area contributed by atoms with Crippen molar-refractivity contribution in [3.63, 3.8) is 0 Å². The Kier molecular flexibility index (Phi) is 7.07. The monoisotopic (exact) mass is 522 g/mol. The second kappa shape index (κ2) is 10.3. The smallest absolute Gasteiger partial charge is 0.407 e. The molecule has 0 spiro atoms. The van der Waals surface area contributed by atoms with Crippen LogP contribution in [0.4, 0.5) is 16.2 Å². The van der Waals surface area contributed by atoms with Gasteiger partial charge in [0.25, 0.3) is 5.91 Å². The fourth-order valence-corrected chi connectivity index (χ4v) is 6.19. The summed E-state index contributed by atoms with van der Waals surface area (Å²) < 4.78 is 7.08. The fraction of sp³-hybridized carbons (Fsp3) is 0.571. The number of aromatic nitrogens is 2. The van der Waals surface area contributed by atoms with Gasteiger partial charge in [0, 0.05) is 56.8 Å². The van der Waals surface area contributed by atoms with E-state index in [-0.39, 0.29) is 23.8 Å². The summed E-state index contributed by atoms with van der Waals surface area (Å²) in [4.78, 5) is 42.7. The Balaban J connectivity index is 1.15. The number of nitrogens with one attached hydrogen (secondary N) is 2. The molecule has 2 saturated carbocycles. The van der Waals surface area contributed by atoms with Gasteiger partial charge in [0.2, 0.25) is 5.91 Å². The summed E-state index contributed by atoms with van der Waals surface area (Å²) in [5.74, 6) is 0.472. The van der Waals surface area contributed by atoms with Gasteiger partial charge in [0.1, 0.15) is 5.60 Å². The molecule has 2 heterocycles. The highest BCUT2D eigenvalue weighted by molar-refractivity contribution is 6.04. The van der Waals surface area contributed by atoms with Crippen LogP contribution in [-0.4, -0.2) is 70.4 Å². The van der Waals surface area contributed by atoms with Crippen LogP contribution in [0.2, 0.25) is 0 Å². The molecule has 3 fully saturated rings. The predicted octanol–water partition coefficient (Wildman–Crippen LogP) is 3.26. The number of hydrogen-bond acceptors (Lipinski definition) is 6. The molecule has 0 radical (unpaired) electrons. The van der Waals surface area contributed by atoms with Crippen molar-refractivity contribution < 1.29 is 19.1 Å². The van der Waals surface area contributed by atoms with Gasteiger partial charge in [0.05, 0.1) is 17.7 Å². The Morgan fingerprint density at radius 1 is 1.00 bits per heavy atom. The van der Waals surface area contributed by atoms with E-state index in [1.807, 2.05) is 49.9 Å². The van der Waals surface area contributed by atoms with E-state index in [9.17, 15) is 14.4 Å². The van der Waals surface area contributed by atoms with E-state index < -0.39 is 11.7 Å². The van der Waals surface area contributed by atoms with Crippen LogP contribution in [0.5, 0.6) is 0 Å². The van der Waals surface area contributed by atoms with Gasteiger partial charge in [-0.15, -0.1) is 0 Å². The summed E-state index contributed by atoms with van der Waals surface area (Å²) in [5, 5.41) is 9.98. The largest absolute Gasteiger partial charge is 0.444 e. The van der Waals surface area contributed by atoms with E-state index in [2.05, 4.69) is 20.6 Å². The molecular weight excluding hydrogens is 484 g/mol. The van der Waals surface area contributed by atoms with Crippen LogP contribution >= 0.6 is 0 Å². The first-order valence-electron chi connectivity index (χ1n) is 13.5. The van der Waals surface area contributed by atoms with Crippen LogP contribution in [0.3, 0.4) is 0 Å². The molecule has 1 aliphatic heterocycles. The SMILES string of the molecule is Cn1cc(C(=O)Nc2ccc(N3CCN(C(=O)[C@@H]4[C@H]5CC[C@@H](C5)[C@H]4NC(=O)OC(C)(C)C)CC3)cc2)cn1. The highest BCUT2D eigenvalue weighted by Gasteiger charge is 2.52. The standard InChI is InChI=1S/C28H38N6O4/c1-28(2,3)38-27(37)31-24-19-6-5-18(15-19)23(24)26(36)34-13-11-33(12-14-34)22-9-7-21(8-10-22)30-25(35)20-16-29-32(4)17-20/h7-10,16-19,23-24H,5-6,11-15H2,1-4H3,(H,30,35)(H,31,37)/t18-,19-,23+,24+/m0/s1. The number of rotatable bonds is 5. The molecule has 1 saturated heterocycles. The molecule has 10 heteroatoms. The quantitative estimate of drug-likeness (QED) is 0.624. The number of anilines is 2. The Hall–Kier alpha value is -3.56. The van der Waals surface area contributed by atoms with E-state index in [1.54, 1.807) is 17.9 Å². The molecule has 204 valence electrons. The van der Waals surface area contributed by atoms with Crippen molar-refractivity contribution in [1.82, 2.24) is 20.0 Å². The zero-order valence-corrected chi connectivity index (χ0v) is 22.6. The molecule has 2 bridgehead atoms. The number of aryl methyl sites for hydroxylation is 1. The molecule has 5 rings (SSSR count). The molecule has 3 aliphatic rings. The predicted molar refractivity (Wildman–Crippen MR) is 144 cm³/mol. The zero-order valence-electron chi connectivity index (χ0n) is 22.6. The van der Waals surface area contributed by atoms with E-state index >= 15 is 0 Å². The molecule has 2 N–H and O–H groups in total. The van der Waals surface area contributed by atoms with Gasteiger partial charge >= 0.3 is 6.09 Å². The summed E-state index contributed by atoms with van der Waals surface area (Å²) in [7, 11) is 1.77. The van der Waals surface area contributed by atoms with Crippen LogP contribution in [0.1, 0.15) is 50.4 Å². The second-order valence-electron chi connectivity index (χ2n) is 11.7. The maximum atomic E-state index is 13.6. The minimum Gasteiger partial charge on any atom is -0.444 e. The summed E-state index contributed by atoms with van der Waals surface area (Å²) >= 11 is 0. The Bertz CT molecular complexity index is 1180. The topological polar surface area (TPSA) is 109 Å². The van der Waals surface area contributed by atoms with Gasteiger partial charge in [-0.1, -0.05) is 0 Å². The molecule has 3 amide bonds. The first-order valence-corrected chi connectivity index (χ1v) is 13.5. The fourth-order valence-electron chi connectivity index (χ4n) is 6.19. The van der Waals surface area contributed by atoms with E-state index in [0.29, 0.717) is 30.5 Å². The molecule has 1 aromatic heterocycles. The maximum Gasteiger partial charge on any atom is 0.407 e. The Labute approximate surface area is 223 Å². The van der Waals surface area contributed by atoms with E-state index in [4.69, 9.17) is 4.74 Å². The normalized spacial score (nSPS) is 24.8. The third-order valence-electron chi connectivity index (χ3n) is 7.93. The first kappa shape index (κ1) is 26.1. The number of piperazine rings is 1. The third kappa shape index (κ3) is 5.63. The van der Waals surface area contributed by atoms with Crippen molar-refractivity contribution in [1.29, 1.82) is 0 Å². The lowest BCUT2D eigenvalue weighted by Gasteiger charge is -2.40. The average molecular weight is 523 g/mol. The van der Waals surface area contributed by atoms with Crippen LogP contribution in [0.15, 0.2) is 36.7 Å². The Morgan fingerprint density at radius 2 is 1.68 bits per heavy atom.